The molecular weight excluding hydrogens is 334 g/mol. The van der Waals surface area contributed by atoms with Crippen molar-refractivity contribution in [2.24, 2.45) is 5.41 Å². The number of nitrogens with zero attached hydrogens (tertiary/aromatic N) is 2. The van der Waals surface area contributed by atoms with Crippen molar-refractivity contribution in [3.8, 4) is 5.69 Å². The zero-order chi connectivity index (χ0) is 19.0. The number of hydrogen-bond donors (Lipinski definition) is 1. The molecule has 2 aromatic rings. The molecule has 1 amide bonds. The number of hydrogen-bond acceptors (Lipinski definition) is 2. The fourth-order valence-corrected chi connectivity index (χ4v) is 2.45. The van der Waals surface area contributed by atoms with E-state index in [-0.39, 0.29) is 17.2 Å². The first-order valence-corrected chi connectivity index (χ1v) is 9.05. The minimum atomic E-state index is -0.653. The summed E-state index contributed by atoms with van der Waals surface area (Å²) in [7, 11) is 0. The molecular formula is C20H28ClN3O. The Hall–Kier alpha value is -1.81. The Bertz CT molecular complexity index is 785. The van der Waals surface area contributed by atoms with E-state index < -0.39 is 5.41 Å². The summed E-state index contributed by atoms with van der Waals surface area (Å²) in [6.07, 6.45) is 0. The molecule has 0 unspecified atom stereocenters. The van der Waals surface area contributed by atoms with Crippen molar-refractivity contribution in [1.29, 1.82) is 0 Å². The van der Waals surface area contributed by atoms with E-state index in [4.69, 9.17) is 16.7 Å². The van der Waals surface area contributed by atoms with Crippen LogP contribution in [-0.4, -0.2) is 21.6 Å². The van der Waals surface area contributed by atoms with Crippen LogP contribution in [0.3, 0.4) is 0 Å². The number of amides is 1. The van der Waals surface area contributed by atoms with Gasteiger partial charge in [0.05, 0.1) is 16.8 Å². The van der Waals surface area contributed by atoms with Gasteiger partial charge < -0.3 is 5.32 Å². The first-order chi connectivity index (χ1) is 11.5. The zero-order valence-electron chi connectivity index (χ0n) is 16.2. The molecule has 0 aliphatic rings. The van der Waals surface area contributed by atoms with E-state index in [1.807, 2.05) is 36.7 Å². The van der Waals surface area contributed by atoms with Gasteiger partial charge in [0.2, 0.25) is 5.91 Å². The lowest BCUT2D eigenvalue weighted by Gasteiger charge is -2.21. The van der Waals surface area contributed by atoms with Gasteiger partial charge in [0.25, 0.3) is 0 Å². The summed E-state index contributed by atoms with van der Waals surface area (Å²) in [6, 6.07) is 8.04. The number of aromatic nitrogens is 2. The highest BCUT2D eigenvalue weighted by Crippen LogP contribution is 2.29. The maximum Gasteiger partial charge on any atom is 0.232 e. The molecule has 0 aliphatic carbocycles. The summed E-state index contributed by atoms with van der Waals surface area (Å²) in [5, 5.41) is 7.80. The summed E-state index contributed by atoms with van der Waals surface area (Å²) in [6.45, 7) is 14.1. The van der Waals surface area contributed by atoms with Crippen LogP contribution in [0.5, 0.6) is 0 Å². The quantitative estimate of drug-likeness (QED) is 0.780. The summed E-state index contributed by atoms with van der Waals surface area (Å²) in [5.41, 5.74) is 3.44. The molecule has 2 rings (SSSR count). The number of benzene rings is 1. The van der Waals surface area contributed by atoms with Crippen LogP contribution in [0.2, 0.25) is 0 Å². The second-order valence-corrected chi connectivity index (χ2v) is 8.53. The molecule has 0 fully saturated rings. The summed E-state index contributed by atoms with van der Waals surface area (Å²) < 4.78 is 1.82. The summed E-state index contributed by atoms with van der Waals surface area (Å²) >= 11 is 5.95. The van der Waals surface area contributed by atoms with Crippen molar-refractivity contribution in [2.75, 3.05) is 11.2 Å². The molecule has 0 saturated heterocycles. The number of anilines is 1. The van der Waals surface area contributed by atoms with Crippen LogP contribution in [0.1, 0.15) is 51.4 Å². The van der Waals surface area contributed by atoms with Gasteiger partial charge in [0, 0.05) is 17.4 Å². The molecule has 0 aliphatic heterocycles. The Morgan fingerprint density at radius 2 is 1.84 bits per heavy atom. The Balaban J connectivity index is 2.57. The minimum Gasteiger partial charge on any atom is -0.310 e. The van der Waals surface area contributed by atoms with Gasteiger partial charge in [-0.15, -0.1) is 11.6 Å². The Kier molecular flexibility index (Phi) is 5.33. The SMILES string of the molecule is Cc1cccc(-n2nc(C(C)(C)C)cc2NC(=O)C(C)(C)CCl)c1C. The minimum absolute atomic E-state index is 0.116. The number of alkyl halides is 1. The first kappa shape index (κ1) is 19.5. The lowest BCUT2D eigenvalue weighted by Crippen LogP contribution is -2.33. The number of carbonyl (C=O) groups excluding carboxylic acids is 1. The van der Waals surface area contributed by atoms with Gasteiger partial charge in [-0.25, -0.2) is 4.68 Å². The molecule has 1 aromatic carbocycles. The van der Waals surface area contributed by atoms with E-state index >= 15 is 0 Å². The maximum atomic E-state index is 12.6. The van der Waals surface area contributed by atoms with Crippen LogP contribution >= 0.6 is 11.6 Å². The van der Waals surface area contributed by atoms with Gasteiger partial charge in [-0.05, 0) is 44.9 Å². The van der Waals surface area contributed by atoms with Crippen LogP contribution in [0, 0.1) is 19.3 Å². The van der Waals surface area contributed by atoms with Crippen molar-refractivity contribution in [2.45, 2.75) is 53.9 Å². The smallest absolute Gasteiger partial charge is 0.232 e. The topological polar surface area (TPSA) is 46.9 Å². The van der Waals surface area contributed by atoms with Gasteiger partial charge in [0.1, 0.15) is 5.82 Å². The highest BCUT2D eigenvalue weighted by Gasteiger charge is 2.29. The third kappa shape index (κ3) is 4.06. The van der Waals surface area contributed by atoms with Gasteiger partial charge in [0.15, 0.2) is 0 Å². The molecule has 0 bridgehead atoms. The van der Waals surface area contributed by atoms with E-state index in [0.29, 0.717) is 5.82 Å². The molecule has 25 heavy (non-hydrogen) atoms. The lowest BCUT2D eigenvalue weighted by molar-refractivity contribution is -0.123. The second-order valence-electron chi connectivity index (χ2n) is 8.27. The normalized spacial score (nSPS) is 12.3. The number of aryl methyl sites for hydroxylation is 1. The van der Waals surface area contributed by atoms with Crippen molar-refractivity contribution in [1.82, 2.24) is 9.78 Å². The third-order valence-corrected chi connectivity index (χ3v) is 5.14. The van der Waals surface area contributed by atoms with Gasteiger partial charge in [-0.1, -0.05) is 32.9 Å². The highest BCUT2D eigenvalue weighted by molar-refractivity contribution is 6.20. The van der Waals surface area contributed by atoms with Crippen molar-refractivity contribution in [3.05, 3.63) is 41.1 Å². The van der Waals surface area contributed by atoms with E-state index in [1.165, 1.54) is 5.56 Å². The van der Waals surface area contributed by atoms with Crippen molar-refractivity contribution in [3.63, 3.8) is 0 Å². The van der Waals surface area contributed by atoms with Crippen LogP contribution in [-0.2, 0) is 10.2 Å². The molecule has 1 N–H and O–H groups in total. The first-order valence-electron chi connectivity index (χ1n) is 8.52. The summed E-state index contributed by atoms with van der Waals surface area (Å²) in [5.74, 6) is 0.805. The van der Waals surface area contributed by atoms with Crippen molar-refractivity contribution >= 4 is 23.3 Å². The zero-order valence-corrected chi connectivity index (χ0v) is 17.0. The second kappa shape index (κ2) is 6.83. The molecule has 136 valence electrons. The largest absolute Gasteiger partial charge is 0.310 e. The fraction of sp³-hybridized carbons (Fsp3) is 0.500. The van der Waals surface area contributed by atoms with Crippen LogP contribution in [0.15, 0.2) is 24.3 Å². The van der Waals surface area contributed by atoms with Crippen LogP contribution in [0.25, 0.3) is 5.69 Å². The Morgan fingerprint density at radius 1 is 1.20 bits per heavy atom. The van der Waals surface area contributed by atoms with Gasteiger partial charge in [-0.2, -0.15) is 5.10 Å². The van der Waals surface area contributed by atoms with Gasteiger partial charge >= 0.3 is 0 Å². The molecule has 0 atom stereocenters. The Morgan fingerprint density at radius 3 is 2.40 bits per heavy atom. The predicted octanol–water partition coefficient (Wildman–Crippen LogP) is 4.99. The van der Waals surface area contributed by atoms with Gasteiger partial charge in [-0.3, -0.25) is 4.79 Å². The predicted molar refractivity (Wildman–Crippen MR) is 105 cm³/mol. The standard InChI is InChI=1S/C20H28ClN3O/c1-13-9-8-10-15(14(13)2)24-17(11-16(23-24)19(3,4)5)22-18(25)20(6,7)12-21/h8-11H,12H2,1-7H3,(H,22,25). The molecule has 4 nitrogen and oxygen atoms in total. The number of nitrogens with one attached hydrogen (secondary N) is 1. The number of carbonyl (C=O) groups is 1. The fourth-order valence-electron chi connectivity index (χ4n) is 2.33. The molecule has 0 radical (unpaired) electrons. The maximum absolute atomic E-state index is 12.6. The molecule has 0 spiro atoms. The van der Waals surface area contributed by atoms with E-state index in [9.17, 15) is 4.79 Å². The average Bonchev–Trinajstić information content (AvgIpc) is 2.94. The van der Waals surface area contributed by atoms with Crippen molar-refractivity contribution < 1.29 is 4.79 Å². The monoisotopic (exact) mass is 361 g/mol. The lowest BCUT2D eigenvalue weighted by atomic mass is 9.92. The molecule has 1 aromatic heterocycles. The van der Waals surface area contributed by atoms with E-state index in [0.717, 1.165) is 16.9 Å². The third-order valence-electron chi connectivity index (χ3n) is 4.47. The van der Waals surface area contributed by atoms with E-state index in [2.05, 4.69) is 46.0 Å². The summed E-state index contributed by atoms with van der Waals surface area (Å²) in [4.78, 5) is 12.6. The molecule has 0 saturated carbocycles. The Labute approximate surface area is 155 Å². The molecule has 1 heterocycles. The van der Waals surface area contributed by atoms with Crippen LogP contribution in [0.4, 0.5) is 5.82 Å². The van der Waals surface area contributed by atoms with Crippen LogP contribution < -0.4 is 5.32 Å². The average molecular weight is 362 g/mol. The highest BCUT2D eigenvalue weighted by atomic mass is 35.5. The number of halogens is 1. The van der Waals surface area contributed by atoms with E-state index in [1.54, 1.807) is 0 Å². The number of rotatable bonds is 4. The molecule has 5 heteroatoms.